The molecule has 0 saturated carbocycles. The van der Waals surface area contributed by atoms with Gasteiger partial charge in [-0.05, 0) is 43.5 Å². The van der Waals surface area contributed by atoms with Crippen LogP contribution < -0.4 is 10.1 Å². The second-order valence-corrected chi connectivity index (χ2v) is 7.98. The lowest BCUT2D eigenvalue weighted by molar-refractivity contribution is -0.133. The van der Waals surface area contributed by atoms with Gasteiger partial charge < -0.3 is 15.0 Å². The maximum Gasteiger partial charge on any atom is 0.238 e. The molecule has 2 amide bonds. The summed E-state index contributed by atoms with van der Waals surface area (Å²) >= 11 is 0. The zero-order chi connectivity index (χ0) is 22.1. The highest BCUT2D eigenvalue weighted by Gasteiger charge is 2.22. The van der Waals surface area contributed by atoms with Crippen LogP contribution in [-0.4, -0.2) is 60.9 Å². The number of carbonyl (C=O) groups is 2. The maximum atomic E-state index is 12.5. The number of amides is 2. The van der Waals surface area contributed by atoms with Crippen molar-refractivity contribution in [3.8, 4) is 5.75 Å². The largest absolute Gasteiger partial charge is 0.494 e. The Hall–Kier alpha value is -2.86. The average molecular weight is 424 g/mol. The molecule has 31 heavy (non-hydrogen) atoms. The number of nitrogens with one attached hydrogen (secondary N) is 1. The predicted molar refractivity (Wildman–Crippen MR) is 123 cm³/mol. The standard InChI is InChI=1S/C25H33N3O3/c1-3-21-7-4-5-8-23(21)26-24(29)19-27-14-16-28(17-15-27)25(30)9-6-18-31-22-12-10-20(2)11-13-22/h4-5,7-8,10-13H,3,6,9,14-19H2,1-2H3,(H,26,29). The van der Waals surface area contributed by atoms with Crippen molar-refractivity contribution < 1.29 is 14.3 Å². The summed E-state index contributed by atoms with van der Waals surface area (Å²) in [6.45, 7) is 7.77. The first kappa shape index (κ1) is 22.8. The van der Waals surface area contributed by atoms with Crippen LogP contribution in [0, 0.1) is 6.92 Å². The van der Waals surface area contributed by atoms with Gasteiger partial charge in [0.25, 0.3) is 0 Å². The van der Waals surface area contributed by atoms with E-state index in [1.165, 1.54) is 5.56 Å². The molecule has 1 heterocycles. The molecule has 0 aromatic heterocycles. The zero-order valence-electron chi connectivity index (χ0n) is 18.6. The van der Waals surface area contributed by atoms with Crippen molar-refractivity contribution in [1.82, 2.24) is 9.80 Å². The third kappa shape index (κ3) is 7.10. The molecule has 2 aromatic carbocycles. The van der Waals surface area contributed by atoms with Crippen molar-refractivity contribution >= 4 is 17.5 Å². The molecule has 1 fully saturated rings. The van der Waals surface area contributed by atoms with Crippen molar-refractivity contribution in [3.63, 3.8) is 0 Å². The van der Waals surface area contributed by atoms with E-state index in [0.717, 1.165) is 23.4 Å². The fourth-order valence-corrected chi connectivity index (χ4v) is 3.70. The topological polar surface area (TPSA) is 61.9 Å². The van der Waals surface area contributed by atoms with Gasteiger partial charge in [-0.25, -0.2) is 0 Å². The molecular formula is C25H33N3O3. The van der Waals surface area contributed by atoms with Crippen molar-refractivity contribution in [2.75, 3.05) is 44.6 Å². The summed E-state index contributed by atoms with van der Waals surface area (Å²) in [5.74, 6) is 0.994. The molecule has 0 bridgehead atoms. The number of hydrogen-bond acceptors (Lipinski definition) is 4. The molecule has 1 saturated heterocycles. The van der Waals surface area contributed by atoms with Crippen LogP contribution in [0.1, 0.15) is 30.9 Å². The second kappa shape index (κ2) is 11.5. The summed E-state index contributed by atoms with van der Waals surface area (Å²) in [5.41, 5.74) is 3.22. The second-order valence-electron chi connectivity index (χ2n) is 7.98. The molecule has 0 unspecified atom stereocenters. The predicted octanol–water partition coefficient (Wildman–Crippen LogP) is 3.50. The summed E-state index contributed by atoms with van der Waals surface area (Å²) in [7, 11) is 0. The monoisotopic (exact) mass is 423 g/mol. The lowest BCUT2D eigenvalue weighted by atomic mass is 10.1. The Kier molecular flexibility index (Phi) is 8.47. The number of benzene rings is 2. The third-order valence-electron chi connectivity index (χ3n) is 5.59. The Bertz CT molecular complexity index is 859. The minimum Gasteiger partial charge on any atom is -0.494 e. The first-order valence-electron chi connectivity index (χ1n) is 11.1. The van der Waals surface area contributed by atoms with Crippen LogP contribution in [0.2, 0.25) is 0 Å². The molecule has 0 atom stereocenters. The molecule has 1 aliphatic rings. The smallest absolute Gasteiger partial charge is 0.238 e. The first-order chi connectivity index (χ1) is 15.0. The van der Waals surface area contributed by atoms with Crippen LogP contribution in [0.25, 0.3) is 0 Å². The van der Waals surface area contributed by atoms with E-state index in [0.29, 0.717) is 52.2 Å². The van der Waals surface area contributed by atoms with E-state index in [9.17, 15) is 9.59 Å². The van der Waals surface area contributed by atoms with Gasteiger partial charge in [-0.3, -0.25) is 14.5 Å². The quantitative estimate of drug-likeness (QED) is 0.627. The Labute approximate surface area is 185 Å². The number of piperazine rings is 1. The molecule has 166 valence electrons. The van der Waals surface area contributed by atoms with Gasteiger partial charge in [0.1, 0.15) is 5.75 Å². The number of hydrogen-bond donors (Lipinski definition) is 1. The van der Waals surface area contributed by atoms with Gasteiger partial charge in [-0.2, -0.15) is 0 Å². The number of nitrogens with zero attached hydrogens (tertiary/aromatic N) is 2. The summed E-state index contributed by atoms with van der Waals surface area (Å²) < 4.78 is 5.70. The highest BCUT2D eigenvalue weighted by atomic mass is 16.5. The molecule has 2 aromatic rings. The highest BCUT2D eigenvalue weighted by molar-refractivity contribution is 5.93. The third-order valence-corrected chi connectivity index (χ3v) is 5.59. The van der Waals surface area contributed by atoms with Gasteiger partial charge in [0.2, 0.25) is 11.8 Å². The van der Waals surface area contributed by atoms with E-state index in [1.807, 2.05) is 60.4 Å². The Morgan fingerprint density at radius 2 is 1.71 bits per heavy atom. The minimum atomic E-state index is -0.00562. The van der Waals surface area contributed by atoms with E-state index < -0.39 is 0 Å². The van der Waals surface area contributed by atoms with E-state index in [2.05, 4.69) is 17.1 Å². The minimum absolute atomic E-state index is 0.00562. The average Bonchev–Trinajstić information content (AvgIpc) is 2.78. The van der Waals surface area contributed by atoms with Gasteiger partial charge in [0, 0.05) is 38.3 Å². The lowest BCUT2D eigenvalue weighted by Crippen LogP contribution is -2.50. The van der Waals surface area contributed by atoms with E-state index in [4.69, 9.17) is 4.74 Å². The van der Waals surface area contributed by atoms with Crippen molar-refractivity contribution in [2.24, 2.45) is 0 Å². The zero-order valence-corrected chi connectivity index (χ0v) is 18.6. The van der Waals surface area contributed by atoms with Gasteiger partial charge in [-0.1, -0.05) is 42.8 Å². The fourth-order valence-electron chi connectivity index (χ4n) is 3.70. The Morgan fingerprint density at radius 3 is 2.42 bits per heavy atom. The lowest BCUT2D eigenvalue weighted by Gasteiger charge is -2.34. The van der Waals surface area contributed by atoms with E-state index in [-0.39, 0.29) is 11.8 Å². The molecule has 3 rings (SSSR count). The fraction of sp³-hybridized carbons (Fsp3) is 0.440. The molecule has 0 spiro atoms. The Morgan fingerprint density at radius 1 is 1.00 bits per heavy atom. The Balaban J connectivity index is 1.33. The molecule has 6 heteroatoms. The number of anilines is 1. The maximum absolute atomic E-state index is 12.5. The number of para-hydroxylation sites is 1. The molecule has 1 aliphatic heterocycles. The van der Waals surface area contributed by atoms with Gasteiger partial charge in [-0.15, -0.1) is 0 Å². The number of ether oxygens (including phenoxy) is 1. The van der Waals surface area contributed by atoms with Gasteiger partial charge in [0.05, 0.1) is 13.2 Å². The van der Waals surface area contributed by atoms with Crippen molar-refractivity contribution in [1.29, 1.82) is 0 Å². The first-order valence-corrected chi connectivity index (χ1v) is 11.1. The van der Waals surface area contributed by atoms with E-state index in [1.54, 1.807) is 0 Å². The van der Waals surface area contributed by atoms with Crippen LogP contribution in [0.4, 0.5) is 5.69 Å². The summed E-state index contributed by atoms with van der Waals surface area (Å²) in [6, 6.07) is 15.8. The summed E-state index contributed by atoms with van der Waals surface area (Å²) in [5, 5.41) is 3.02. The summed E-state index contributed by atoms with van der Waals surface area (Å²) in [6.07, 6.45) is 2.07. The SMILES string of the molecule is CCc1ccccc1NC(=O)CN1CCN(C(=O)CCCOc2ccc(C)cc2)CC1. The summed E-state index contributed by atoms with van der Waals surface area (Å²) in [4.78, 5) is 28.9. The molecule has 1 N–H and O–H groups in total. The van der Waals surface area contributed by atoms with Crippen molar-refractivity contribution in [3.05, 3.63) is 59.7 Å². The van der Waals surface area contributed by atoms with Gasteiger partial charge in [0.15, 0.2) is 0 Å². The normalized spacial score (nSPS) is 14.3. The van der Waals surface area contributed by atoms with Gasteiger partial charge >= 0.3 is 0 Å². The molecular weight excluding hydrogens is 390 g/mol. The van der Waals surface area contributed by atoms with Crippen LogP contribution >= 0.6 is 0 Å². The van der Waals surface area contributed by atoms with Crippen LogP contribution in [0.15, 0.2) is 48.5 Å². The molecule has 0 radical (unpaired) electrons. The number of rotatable bonds is 9. The van der Waals surface area contributed by atoms with Crippen LogP contribution in [0.3, 0.4) is 0 Å². The highest BCUT2D eigenvalue weighted by Crippen LogP contribution is 2.16. The molecule has 0 aliphatic carbocycles. The van der Waals surface area contributed by atoms with E-state index >= 15 is 0 Å². The molecule has 6 nitrogen and oxygen atoms in total. The number of aryl methyl sites for hydroxylation is 2. The van der Waals surface area contributed by atoms with Crippen LogP contribution in [-0.2, 0) is 16.0 Å². The van der Waals surface area contributed by atoms with Crippen molar-refractivity contribution in [2.45, 2.75) is 33.1 Å². The number of carbonyl (C=O) groups excluding carboxylic acids is 2. The van der Waals surface area contributed by atoms with Crippen LogP contribution in [0.5, 0.6) is 5.75 Å².